The lowest BCUT2D eigenvalue weighted by atomic mass is 10.1. The highest BCUT2D eigenvalue weighted by atomic mass is 16.6. The molecule has 0 aromatic heterocycles. The van der Waals surface area contributed by atoms with Crippen LogP contribution in [-0.2, 0) is 0 Å². The Kier molecular flexibility index (Phi) is 3.83. The summed E-state index contributed by atoms with van der Waals surface area (Å²) in [5.74, 6) is 0. The average molecular weight is 278 g/mol. The van der Waals surface area contributed by atoms with Gasteiger partial charge in [0, 0.05) is 19.2 Å². The Hall–Kier alpha value is -3.38. The molecule has 0 unspecified atom stereocenters. The molecule has 0 aliphatic rings. The molecule has 0 N–H and O–H groups in total. The third kappa shape index (κ3) is 2.65. The minimum Gasteiger partial charge on any atom is -0.342 e. The van der Waals surface area contributed by atoms with E-state index in [9.17, 15) is 15.4 Å². The molecule has 0 amide bonds. The SMILES string of the molecule is CN(c1ccccc1C#N)c1ccc([N+](=O)[O-])cc1C#N. The standard InChI is InChI=1S/C15H10N4O2/c1-18(14-5-3-2-4-11(14)9-16)15-7-6-13(19(20)21)8-12(15)10-17/h2-8H,1H3. The lowest BCUT2D eigenvalue weighted by molar-refractivity contribution is -0.384. The molecule has 0 bridgehead atoms. The van der Waals surface area contributed by atoms with Crippen LogP contribution in [0.15, 0.2) is 42.5 Å². The van der Waals surface area contributed by atoms with Crippen LogP contribution in [0.25, 0.3) is 0 Å². The molecular formula is C15H10N4O2. The normalized spacial score (nSPS) is 9.48. The molecule has 6 heteroatoms. The van der Waals surface area contributed by atoms with E-state index in [0.29, 0.717) is 16.9 Å². The maximum Gasteiger partial charge on any atom is 0.270 e. The van der Waals surface area contributed by atoms with Crippen LogP contribution in [-0.4, -0.2) is 12.0 Å². The van der Waals surface area contributed by atoms with Crippen LogP contribution in [0.1, 0.15) is 11.1 Å². The van der Waals surface area contributed by atoms with Gasteiger partial charge in [0.15, 0.2) is 0 Å². The number of nitro benzene ring substituents is 1. The minimum absolute atomic E-state index is 0.141. The molecule has 2 aromatic carbocycles. The van der Waals surface area contributed by atoms with Gasteiger partial charge in [0.2, 0.25) is 0 Å². The van der Waals surface area contributed by atoms with E-state index in [0.717, 1.165) is 0 Å². The zero-order chi connectivity index (χ0) is 15.4. The number of nitro groups is 1. The molecule has 21 heavy (non-hydrogen) atoms. The molecule has 0 aliphatic carbocycles. The first-order chi connectivity index (χ1) is 10.1. The second kappa shape index (κ2) is 5.72. The first-order valence-corrected chi connectivity index (χ1v) is 6.00. The Morgan fingerprint density at radius 1 is 1.05 bits per heavy atom. The second-order valence-electron chi connectivity index (χ2n) is 4.26. The van der Waals surface area contributed by atoms with Crippen LogP contribution in [0.5, 0.6) is 0 Å². The topological polar surface area (TPSA) is 94.0 Å². The molecule has 102 valence electrons. The molecule has 0 heterocycles. The molecule has 2 rings (SSSR count). The summed E-state index contributed by atoms with van der Waals surface area (Å²) in [4.78, 5) is 11.9. The van der Waals surface area contributed by atoms with Crippen molar-refractivity contribution in [3.05, 3.63) is 63.7 Å². The fourth-order valence-electron chi connectivity index (χ4n) is 2.01. The van der Waals surface area contributed by atoms with Gasteiger partial charge in [0.1, 0.15) is 12.1 Å². The molecule has 0 atom stereocenters. The predicted molar refractivity (Wildman–Crippen MR) is 77.0 cm³/mol. The van der Waals surface area contributed by atoms with Crippen molar-refractivity contribution in [3.8, 4) is 12.1 Å². The van der Waals surface area contributed by atoms with E-state index in [4.69, 9.17) is 5.26 Å². The number of benzene rings is 2. The van der Waals surface area contributed by atoms with Gasteiger partial charge in [0.25, 0.3) is 5.69 Å². The smallest absolute Gasteiger partial charge is 0.270 e. The highest BCUT2D eigenvalue weighted by molar-refractivity contribution is 5.73. The number of para-hydroxylation sites is 1. The summed E-state index contributed by atoms with van der Waals surface area (Å²) in [5.41, 5.74) is 1.63. The Labute approximate surface area is 121 Å². The van der Waals surface area contributed by atoms with Crippen LogP contribution < -0.4 is 4.90 Å². The van der Waals surface area contributed by atoms with E-state index in [1.165, 1.54) is 18.2 Å². The van der Waals surface area contributed by atoms with Crippen molar-refractivity contribution < 1.29 is 4.92 Å². The third-order valence-corrected chi connectivity index (χ3v) is 3.06. The number of hydrogen-bond acceptors (Lipinski definition) is 5. The first kappa shape index (κ1) is 14.0. The number of hydrogen-bond donors (Lipinski definition) is 0. The summed E-state index contributed by atoms with van der Waals surface area (Å²) in [6.07, 6.45) is 0. The van der Waals surface area contributed by atoms with E-state index in [-0.39, 0.29) is 11.3 Å². The fourth-order valence-corrected chi connectivity index (χ4v) is 2.01. The number of rotatable bonds is 3. The van der Waals surface area contributed by atoms with Crippen LogP contribution >= 0.6 is 0 Å². The van der Waals surface area contributed by atoms with E-state index in [2.05, 4.69) is 6.07 Å². The number of nitrogens with zero attached hydrogens (tertiary/aromatic N) is 4. The van der Waals surface area contributed by atoms with Gasteiger partial charge in [-0.1, -0.05) is 12.1 Å². The van der Waals surface area contributed by atoms with Gasteiger partial charge in [-0.2, -0.15) is 10.5 Å². The molecule has 0 aliphatic heterocycles. The Bertz CT molecular complexity index is 787. The lowest BCUT2D eigenvalue weighted by Gasteiger charge is -2.21. The number of non-ortho nitro benzene ring substituents is 1. The van der Waals surface area contributed by atoms with E-state index >= 15 is 0 Å². The molecular weight excluding hydrogens is 268 g/mol. The predicted octanol–water partition coefficient (Wildman–Crippen LogP) is 3.11. The molecule has 0 radical (unpaired) electrons. The van der Waals surface area contributed by atoms with Crippen LogP contribution in [0, 0.1) is 32.8 Å². The molecule has 0 saturated heterocycles. The quantitative estimate of drug-likeness (QED) is 0.635. The van der Waals surface area contributed by atoms with E-state index in [1.807, 2.05) is 6.07 Å². The molecule has 6 nitrogen and oxygen atoms in total. The summed E-state index contributed by atoms with van der Waals surface area (Å²) in [7, 11) is 1.71. The number of anilines is 2. The van der Waals surface area contributed by atoms with Gasteiger partial charge in [-0.05, 0) is 18.2 Å². The van der Waals surface area contributed by atoms with Gasteiger partial charge in [-0.25, -0.2) is 0 Å². The van der Waals surface area contributed by atoms with Crippen LogP contribution in [0.2, 0.25) is 0 Å². The zero-order valence-corrected chi connectivity index (χ0v) is 11.1. The number of nitriles is 2. The van der Waals surface area contributed by atoms with Crippen molar-refractivity contribution in [3.63, 3.8) is 0 Å². The van der Waals surface area contributed by atoms with Gasteiger partial charge < -0.3 is 4.90 Å². The van der Waals surface area contributed by atoms with Crippen molar-refractivity contribution in [2.75, 3.05) is 11.9 Å². The summed E-state index contributed by atoms with van der Waals surface area (Å²) in [6.45, 7) is 0. The van der Waals surface area contributed by atoms with Crippen LogP contribution in [0.3, 0.4) is 0 Å². The van der Waals surface area contributed by atoms with Crippen molar-refractivity contribution >= 4 is 17.1 Å². The maximum atomic E-state index is 10.8. The first-order valence-electron chi connectivity index (χ1n) is 6.00. The van der Waals surface area contributed by atoms with Gasteiger partial charge >= 0.3 is 0 Å². The Morgan fingerprint density at radius 2 is 1.67 bits per heavy atom. The van der Waals surface area contributed by atoms with E-state index < -0.39 is 4.92 Å². The van der Waals surface area contributed by atoms with Crippen LogP contribution in [0.4, 0.5) is 17.1 Å². The summed E-state index contributed by atoms with van der Waals surface area (Å²) < 4.78 is 0. The second-order valence-corrected chi connectivity index (χ2v) is 4.26. The average Bonchev–Trinajstić information content (AvgIpc) is 2.53. The van der Waals surface area contributed by atoms with Gasteiger partial charge in [0.05, 0.1) is 27.4 Å². The monoisotopic (exact) mass is 278 g/mol. The molecule has 0 saturated carbocycles. The fraction of sp³-hybridized carbons (Fsp3) is 0.0667. The lowest BCUT2D eigenvalue weighted by Crippen LogP contribution is -2.12. The molecule has 0 fully saturated rings. The zero-order valence-electron chi connectivity index (χ0n) is 11.1. The van der Waals surface area contributed by atoms with Crippen molar-refractivity contribution in [2.24, 2.45) is 0 Å². The highest BCUT2D eigenvalue weighted by Gasteiger charge is 2.16. The Morgan fingerprint density at radius 3 is 2.29 bits per heavy atom. The largest absolute Gasteiger partial charge is 0.342 e. The van der Waals surface area contributed by atoms with Gasteiger partial charge in [-0.15, -0.1) is 0 Å². The summed E-state index contributed by atoms with van der Waals surface area (Å²) in [6, 6.07) is 15.0. The van der Waals surface area contributed by atoms with Crippen molar-refractivity contribution in [1.82, 2.24) is 0 Å². The minimum atomic E-state index is -0.548. The highest BCUT2D eigenvalue weighted by Crippen LogP contribution is 2.31. The van der Waals surface area contributed by atoms with Gasteiger partial charge in [-0.3, -0.25) is 10.1 Å². The summed E-state index contributed by atoms with van der Waals surface area (Å²) >= 11 is 0. The van der Waals surface area contributed by atoms with Crippen molar-refractivity contribution in [1.29, 1.82) is 10.5 Å². The molecule has 2 aromatic rings. The van der Waals surface area contributed by atoms with Crippen molar-refractivity contribution in [2.45, 2.75) is 0 Å². The maximum absolute atomic E-state index is 10.8. The van der Waals surface area contributed by atoms with E-state index in [1.54, 1.807) is 36.2 Å². The third-order valence-electron chi connectivity index (χ3n) is 3.06. The molecule has 0 spiro atoms. The summed E-state index contributed by atoms with van der Waals surface area (Å²) in [5, 5.41) is 29.1. The Balaban J connectivity index is 2.54.